The summed E-state index contributed by atoms with van der Waals surface area (Å²) >= 11 is 5.71. The van der Waals surface area contributed by atoms with Crippen LogP contribution in [-0.4, -0.2) is 18.5 Å². The van der Waals surface area contributed by atoms with Crippen molar-refractivity contribution in [1.29, 1.82) is 0 Å². The molecular formula is C13H15ClF3N. The van der Waals surface area contributed by atoms with Gasteiger partial charge in [0.2, 0.25) is 0 Å². The minimum absolute atomic E-state index is 0.201. The van der Waals surface area contributed by atoms with Crippen LogP contribution in [0.25, 0.3) is 0 Å². The van der Waals surface area contributed by atoms with E-state index in [9.17, 15) is 13.2 Å². The number of hydrogen-bond acceptors (Lipinski definition) is 1. The first-order valence-electron chi connectivity index (χ1n) is 6.03. The third-order valence-corrected chi connectivity index (χ3v) is 3.53. The van der Waals surface area contributed by atoms with Gasteiger partial charge in [-0.05, 0) is 31.4 Å². The molecule has 0 unspecified atom stereocenters. The molecule has 18 heavy (non-hydrogen) atoms. The molecule has 0 N–H and O–H groups in total. The molecule has 0 amide bonds. The number of para-hydroxylation sites is 1. The van der Waals surface area contributed by atoms with Crippen molar-refractivity contribution in [1.82, 2.24) is 0 Å². The number of hydrogen-bond donors (Lipinski definition) is 0. The molecule has 0 aromatic heterocycles. The van der Waals surface area contributed by atoms with E-state index < -0.39 is 11.7 Å². The van der Waals surface area contributed by atoms with Crippen LogP contribution in [-0.2, 0) is 6.18 Å². The zero-order chi connectivity index (χ0) is 13.2. The van der Waals surface area contributed by atoms with Gasteiger partial charge in [-0.25, -0.2) is 0 Å². The zero-order valence-corrected chi connectivity index (χ0v) is 10.6. The monoisotopic (exact) mass is 277 g/mol. The van der Waals surface area contributed by atoms with Crippen LogP contribution in [0.15, 0.2) is 24.3 Å². The predicted octanol–water partition coefficient (Wildman–Crippen LogP) is 4.30. The van der Waals surface area contributed by atoms with Gasteiger partial charge in [-0.2, -0.15) is 13.2 Å². The molecule has 1 fully saturated rings. The molecule has 5 heteroatoms. The van der Waals surface area contributed by atoms with Crippen LogP contribution < -0.4 is 4.90 Å². The van der Waals surface area contributed by atoms with Crippen LogP contribution in [0.3, 0.4) is 0 Å². The lowest BCUT2D eigenvalue weighted by Crippen LogP contribution is -2.42. The standard InChI is InChI=1S/C13H15ClF3N/c14-8-9-18(10-4-3-5-10)12-7-2-1-6-11(12)13(15,16)17/h1-2,6-7,10H,3-5,8-9H2. The van der Waals surface area contributed by atoms with Crippen LogP contribution in [0.1, 0.15) is 24.8 Å². The van der Waals surface area contributed by atoms with E-state index in [4.69, 9.17) is 11.6 Å². The fourth-order valence-corrected chi connectivity index (χ4v) is 2.44. The molecule has 1 aliphatic rings. The summed E-state index contributed by atoms with van der Waals surface area (Å²) in [6.07, 6.45) is -1.34. The molecule has 0 aliphatic heterocycles. The van der Waals surface area contributed by atoms with Crippen molar-refractivity contribution < 1.29 is 13.2 Å². The Labute approximate surface area is 110 Å². The summed E-state index contributed by atoms with van der Waals surface area (Å²) in [7, 11) is 0. The highest BCUT2D eigenvalue weighted by molar-refractivity contribution is 6.18. The van der Waals surface area contributed by atoms with Gasteiger partial charge in [0.25, 0.3) is 0 Å². The van der Waals surface area contributed by atoms with Gasteiger partial charge in [-0.15, -0.1) is 11.6 Å². The average molecular weight is 278 g/mol. The van der Waals surface area contributed by atoms with Gasteiger partial charge in [0.05, 0.1) is 5.56 Å². The molecule has 1 nitrogen and oxygen atoms in total. The molecule has 1 aromatic carbocycles. The highest BCUT2D eigenvalue weighted by atomic mass is 35.5. The summed E-state index contributed by atoms with van der Waals surface area (Å²) in [6, 6.07) is 5.94. The maximum atomic E-state index is 13.0. The molecule has 0 saturated heterocycles. The Bertz CT molecular complexity index is 401. The fourth-order valence-electron chi connectivity index (χ4n) is 2.25. The summed E-state index contributed by atoms with van der Waals surface area (Å²) in [5.41, 5.74) is -0.308. The number of benzene rings is 1. The lowest BCUT2D eigenvalue weighted by atomic mass is 9.90. The Hall–Kier alpha value is -0.900. The normalized spacial score (nSPS) is 16.4. The average Bonchev–Trinajstić information content (AvgIpc) is 2.25. The predicted molar refractivity (Wildman–Crippen MR) is 67.1 cm³/mol. The minimum Gasteiger partial charge on any atom is -0.367 e. The van der Waals surface area contributed by atoms with Gasteiger partial charge in [0.1, 0.15) is 0 Å². The van der Waals surface area contributed by atoms with E-state index in [0.717, 1.165) is 25.3 Å². The molecular weight excluding hydrogens is 263 g/mol. The van der Waals surface area contributed by atoms with Crippen molar-refractivity contribution in [2.75, 3.05) is 17.3 Å². The topological polar surface area (TPSA) is 3.24 Å². The van der Waals surface area contributed by atoms with Gasteiger partial charge in [-0.3, -0.25) is 0 Å². The van der Waals surface area contributed by atoms with Crippen LogP contribution in [0.4, 0.5) is 18.9 Å². The Morgan fingerprint density at radius 1 is 1.22 bits per heavy atom. The SMILES string of the molecule is FC(F)(F)c1ccccc1N(CCCl)C1CCC1. The molecule has 1 saturated carbocycles. The van der Waals surface area contributed by atoms with Gasteiger partial charge in [0.15, 0.2) is 0 Å². The van der Waals surface area contributed by atoms with Crippen molar-refractivity contribution >= 4 is 17.3 Å². The third kappa shape index (κ3) is 2.74. The van der Waals surface area contributed by atoms with E-state index >= 15 is 0 Å². The van der Waals surface area contributed by atoms with E-state index in [1.807, 2.05) is 0 Å². The van der Waals surface area contributed by atoms with E-state index in [2.05, 4.69) is 0 Å². The summed E-state index contributed by atoms with van der Waals surface area (Å²) in [6.45, 7) is 0.458. The highest BCUT2D eigenvalue weighted by Crippen LogP contribution is 2.39. The van der Waals surface area contributed by atoms with Gasteiger partial charge in [-0.1, -0.05) is 12.1 Å². The second kappa shape index (κ2) is 5.39. The lowest BCUT2D eigenvalue weighted by Gasteiger charge is -2.40. The van der Waals surface area contributed by atoms with Gasteiger partial charge >= 0.3 is 6.18 Å². The number of alkyl halides is 4. The van der Waals surface area contributed by atoms with Crippen molar-refractivity contribution in [3.63, 3.8) is 0 Å². The number of nitrogens with zero attached hydrogens (tertiary/aromatic N) is 1. The van der Waals surface area contributed by atoms with Crippen LogP contribution in [0, 0.1) is 0 Å². The third-order valence-electron chi connectivity index (χ3n) is 3.36. The number of halogens is 4. The first-order valence-corrected chi connectivity index (χ1v) is 6.56. The quantitative estimate of drug-likeness (QED) is 0.742. The number of rotatable bonds is 4. The summed E-state index contributed by atoms with van der Waals surface area (Å²) in [4.78, 5) is 1.80. The maximum Gasteiger partial charge on any atom is 0.418 e. The molecule has 0 atom stereocenters. The first-order chi connectivity index (χ1) is 8.54. The van der Waals surface area contributed by atoms with Crippen molar-refractivity contribution in [3.05, 3.63) is 29.8 Å². The summed E-state index contributed by atoms with van der Waals surface area (Å²) in [5.74, 6) is 0.336. The van der Waals surface area contributed by atoms with Gasteiger partial charge in [0, 0.05) is 24.2 Å². The van der Waals surface area contributed by atoms with E-state index in [1.54, 1.807) is 11.0 Å². The lowest BCUT2D eigenvalue weighted by molar-refractivity contribution is -0.137. The van der Waals surface area contributed by atoms with Crippen LogP contribution in [0.5, 0.6) is 0 Å². The zero-order valence-electron chi connectivity index (χ0n) is 9.88. The molecule has 0 spiro atoms. The van der Waals surface area contributed by atoms with Crippen LogP contribution >= 0.6 is 11.6 Å². The molecule has 1 aromatic rings. The first kappa shape index (κ1) is 13.5. The largest absolute Gasteiger partial charge is 0.418 e. The second-order valence-electron chi connectivity index (χ2n) is 4.48. The fraction of sp³-hybridized carbons (Fsp3) is 0.538. The van der Waals surface area contributed by atoms with Crippen molar-refractivity contribution in [2.45, 2.75) is 31.5 Å². The molecule has 0 radical (unpaired) electrons. The molecule has 1 aliphatic carbocycles. The van der Waals surface area contributed by atoms with E-state index in [1.165, 1.54) is 12.1 Å². The maximum absolute atomic E-state index is 13.0. The Morgan fingerprint density at radius 3 is 2.39 bits per heavy atom. The molecule has 0 bridgehead atoms. The Morgan fingerprint density at radius 2 is 1.89 bits per heavy atom. The summed E-state index contributed by atoms with van der Waals surface area (Å²) in [5, 5.41) is 0. The van der Waals surface area contributed by atoms with E-state index in [0.29, 0.717) is 12.4 Å². The molecule has 2 rings (SSSR count). The smallest absolute Gasteiger partial charge is 0.367 e. The van der Waals surface area contributed by atoms with Crippen LogP contribution in [0.2, 0.25) is 0 Å². The van der Waals surface area contributed by atoms with E-state index in [-0.39, 0.29) is 11.7 Å². The van der Waals surface area contributed by atoms with Crippen molar-refractivity contribution in [2.24, 2.45) is 0 Å². The van der Waals surface area contributed by atoms with Gasteiger partial charge < -0.3 is 4.90 Å². The van der Waals surface area contributed by atoms with Crippen molar-refractivity contribution in [3.8, 4) is 0 Å². The second-order valence-corrected chi connectivity index (χ2v) is 4.86. The Balaban J connectivity index is 2.34. The molecule has 0 heterocycles. The highest BCUT2D eigenvalue weighted by Gasteiger charge is 2.36. The molecule has 100 valence electrons. The minimum atomic E-state index is -4.31. The number of anilines is 1. The summed E-state index contributed by atoms with van der Waals surface area (Å²) < 4.78 is 38.9. The Kier molecular flexibility index (Phi) is 4.05.